The van der Waals surface area contributed by atoms with E-state index in [0.717, 1.165) is 23.5 Å². The molecule has 2 atom stereocenters. The van der Waals surface area contributed by atoms with Gasteiger partial charge in [-0.25, -0.2) is 0 Å². The Balaban J connectivity index is 3.21. The molecule has 1 aromatic carbocycles. The minimum Gasteiger partial charge on any atom is -0.496 e. The largest absolute Gasteiger partial charge is 0.496 e. The van der Waals surface area contributed by atoms with Crippen molar-refractivity contribution in [1.29, 1.82) is 0 Å². The number of methoxy groups -OCH3 is 2. The first-order valence-corrected chi connectivity index (χ1v) is 6.73. The van der Waals surface area contributed by atoms with Crippen LogP contribution in [0.15, 0.2) is 18.2 Å². The summed E-state index contributed by atoms with van der Waals surface area (Å²) in [4.78, 5) is 0. The van der Waals surface area contributed by atoms with Gasteiger partial charge < -0.3 is 19.5 Å². The fourth-order valence-electron chi connectivity index (χ4n) is 2.37. The van der Waals surface area contributed by atoms with Crippen LogP contribution < -0.4 is 14.8 Å². The summed E-state index contributed by atoms with van der Waals surface area (Å²) in [5.41, 5.74) is 1.01. The van der Waals surface area contributed by atoms with Crippen molar-refractivity contribution >= 4 is 0 Å². The van der Waals surface area contributed by atoms with Gasteiger partial charge >= 0.3 is 0 Å². The zero-order valence-electron chi connectivity index (χ0n) is 12.5. The second kappa shape index (κ2) is 8.02. The van der Waals surface area contributed by atoms with Crippen molar-refractivity contribution in [3.63, 3.8) is 0 Å². The lowest BCUT2D eigenvalue weighted by molar-refractivity contribution is 0.0322. The van der Waals surface area contributed by atoms with Gasteiger partial charge in [0.15, 0.2) is 0 Å². The summed E-state index contributed by atoms with van der Waals surface area (Å²) in [7, 11) is 5.28. The summed E-state index contributed by atoms with van der Waals surface area (Å²) in [5.74, 6) is 1.63. The molecule has 4 heteroatoms. The average molecular weight is 267 g/mol. The zero-order chi connectivity index (χ0) is 14.3. The van der Waals surface area contributed by atoms with E-state index < -0.39 is 0 Å². The molecule has 0 aromatic heterocycles. The maximum absolute atomic E-state index is 5.82. The molecular formula is C15H25NO3. The van der Waals surface area contributed by atoms with Gasteiger partial charge in [-0.15, -0.1) is 0 Å². The molecule has 0 fully saturated rings. The number of rotatable bonds is 8. The van der Waals surface area contributed by atoms with E-state index in [9.17, 15) is 0 Å². The highest BCUT2D eigenvalue weighted by Crippen LogP contribution is 2.36. The lowest BCUT2D eigenvalue weighted by Crippen LogP contribution is -2.32. The van der Waals surface area contributed by atoms with Crippen LogP contribution in [0.25, 0.3) is 0 Å². The highest BCUT2D eigenvalue weighted by Gasteiger charge is 2.26. The predicted octanol–water partition coefficient (Wildman–Crippen LogP) is 2.78. The highest BCUT2D eigenvalue weighted by molar-refractivity contribution is 5.47. The first kappa shape index (κ1) is 15.8. The topological polar surface area (TPSA) is 39.7 Å². The molecule has 19 heavy (non-hydrogen) atoms. The number of hydrogen-bond donors (Lipinski definition) is 1. The molecule has 2 unspecified atom stereocenters. The Bertz CT molecular complexity index is 359. The van der Waals surface area contributed by atoms with E-state index in [4.69, 9.17) is 14.2 Å². The second-order valence-electron chi connectivity index (χ2n) is 4.24. The fourth-order valence-corrected chi connectivity index (χ4v) is 2.37. The van der Waals surface area contributed by atoms with Crippen molar-refractivity contribution in [2.45, 2.75) is 32.4 Å². The van der Waals surface area contributed by atoms with Crippen molar-refractivity contribution < 1.29 is 14.2 Å². The molecule has 1 rings (SSSR count). The predicted molar refractivity (Wildman–Crippen MR) is 77.1 cm³/mol. The lowest BCUT2D eigenvalue weighted by atomic mass is 9.97. The number of benzene rings is 1. The average Bonchev–Trinajstić information content (AvgIpc) is 2.46. The van der Waals surface area contributed by atoms with Crippen LogP contribution in [0.4, 0.5) is 0 Å². The van der Waals surface area contributed by atoms with E-state index in [1.54, 1.807) is 14.2 Å². The summed E-state index contributed by atoms with van der Waals surface area (Å²) >= 11 is 0. The number of ether oxygens (including phenoxy) is 3. The summed E-state index contributed by atoms with van der Waals surface area (Å²) in [6.45, 7) is 4.82. The van der Waals surface area contributed by atoms with Gasteiger partial charge in [-0.05, 0) is 32.5 Å². The monoisotopic (exact) mass is 267 g/mol. The molecule has 0 saturated carbocycles. The van der Waals surface area contributed by atoms with Gasteiger partial charge in [-0.3, -0.25) is 0 Å². The summed E-state index contributed by atoms with van der Waals surface area (Å²) in [5, 5.41) is 3.32. The summed E-state index contributed by atoms with van der Waals surface area (Å²) in [6.07, 6.45) is 1.00. The van der Waals surface area contributed by atoms with Crippen LogP contribution in [0.5, 0.6) is 11.5 Å². The SMILES string of the molecule is CCOC(CC)C(NC)c1c(OC)cccc1OC. The third kappa shape index (κ3) is 3.61. The minimum atomic E-state index is 0.0380. The lowest BCUT2D eigenvalue weighted by Gasteiger charge is -2.28. The van der Waals surface area contributed by atoms with E-state index >= 15 is 0 Å². The molecular weight excluding hydrogens is 242 g/mol. The number of hydrogen-bond acceptors (Lipinski definition) is 4. The van der Waals surface area contributed by atoms with Crippen molar-refractivity contribution in [3.8, 4) is 11.5 Å². The van der Waals surface area contributed by atoms with Crippen LogP contribution in [0.2, 0.25) is 0 Å². The fraction of sp³-hybridized carbons (Fsp3) is 0.600. The molecule has 108 valence electrons. The maximum atomic E-state index is 5.82. The molecule has 4 nitrogen and oxygen atoms in total. The Morgan fingerprint density at radius 3 is 2.05 bits per heavy atom. The molecule has 0 aliphatic rings. The zero-order valence-corrected chi connectivity index (χ0v) is 12.5. The van der Waals surface area contributed by atoms with Gasteiger partial charge in [-0.2, -0.15) is 0 Å². The Morgan fingerprint density at radius 1 is 1.11 bits per heavy atom. The molecule has 0 heterocycles. The van der Waals surface area contributed by atoms with Crippen LogP contribution in [0.3, 0.4) is 0 Å². The van der Waals surface area contributed by atoms with Gasteiger partial charge in [0.25, 0.3) is 0 Å². The van der Waals surface area contributed by atoms with Crippen molar-refractivity contribution in [2.75, 3.05) is 27.9 Å². The van der Waals surface area contributed by atoms with E-state index in [0.29, 0.717) is 6.61 Å². The van der Waals surface area contributed by atoms with E-state index in [1.807, 2.05) is 32.2 Å². The molecule has 1 aromatic rings. The standard InChI is InChI=1S/C15H25NO3/c1-6-11(19-7-2)15(16-3)14-12(17-4)9-8-10-13(14)18-5/h8-11,15-16H,6-7H2,1-5H3. The smallest absolute Gasteiger partial charge is 0.127 e. The van der Waals surface area contributed by atoms with Crippen molar-refractivity contribution in [1.82, 2.24) is 5.32 Å². The van der Waals surface area contributed by atoms with Crippen LogP contribution in [-0.4, -0.2) is 34.0 Å². The summed E-state index contributed by atoms with van der Waals surface area (Å²) in [6, 6.07) is 5.85. The van der Waals surface area contributed by atoms with Crippen LogP contribution in [0.1, 0.15) is 31.9 Å². The molecule has 0 spiro atoms. The molecule has 0 aliphatic heterocycles. The second-order valence-corrected chi connectivity index (χ2v) is 4.24. The van der Waals surface area contributed by atoms with Gasteiger partial charge in [0.05, 0.1) is 31.9 Å². The first-order chi connectivity index (χ1) is 9.23. The van der Waals surface area contributed by atoms with Crippen molar-refractivity contribution in [3.05, 3.63) is 23.8 Å². The van der Waals surface area contributed by atoms with E-state index in [1.165, 1.54) is 0 Å². The third-order valence-electron chi connectivity index (χ3n) is 3.24. The van der Waals surface area contributed by atoms with Crippen LogP contribution >= 0.6 is 0 Å². The Hall–Kier alpha value is -1.26. The summed E-state index contributed by atoms with van der Waals surface area (Å²) < 4.78 is 16.8. The number of likely N-dealkylation sites (N-methyl/N-ethyl adjacent to an activating group) is 1. The quantitative estimate of drug-likeness (QED) is 0.786. The highest BCUT2D eigenvalue weighted by atomic mass is 16.5. The van der Waals surface area contributed by atoms with Crippen LogP contribution in [-0.2, 0) is 4.74 Å². The third-order valence-corrected chi connectivity index (χ3v) is 3.24. The number of nitrogens with one attached hydrogen (secondary N) is 1. The molecule has 0 amide bonds. The van der Waals surface area contributed by atoms with E-state index in [-0.39, 0.29) is 12.1 Å². The first-order valence-electron chi connectivity index (χ1n) is 6.73. The Labute approximate surface area is 116 Å². The van der Waals surface area contributed by atoms with Gasteiger partial charge in [0, 0.05) is 6.61 Å². The van der Waals surface area contributed by atoms with Gasteiger partial charge in [0.2, 0.25) is 0 Å². The van der Waals surface area contributed by atoms with E-state index in [2.05, 4.69) is 12.2 Å². The molecule has 0 radical (unpaired) electrons. The Morgan fingerprint density at radius 2 is 1.68 bits per heavy atom. The van der Waals surface area contributed by atoms with Crippen LogP contribution in [0, 0.1) is 0 Å². The van der Waals surface area contributed by atoms with Gasteiger partial charge in [0.1, 0.15) is 11.5 Å². The maximum Gasteiger partial charge on any atom is 0.127 e. The normalized spacial score (nSPS) is 13.9. The minimum absolute atomic E-state index is 0.0380. The van der Waals surface area contributed by atoms with Gasteiger partial charge in [-0.1, -0.05) is 13.0 Å². The molecule has 0 bridgehead atoms. The molecule has 0 saturated heterocycles. The van der Waals surface area contributed by atoms with Crippen molar-refractivity contribution in [2.24, 2.45) is 0 Å². The molecule has 0 aliphatic carbocycles. The Kier molecular flexibility index (Phi) is 6.67. The molecule has 1 N–H and O–H groups in total.